The van der Waals surface area contributed by atoms with Gasteiger partial charge in [0, 0.05) is 6.54 Å². The number of fused-ring (bicyclic) bond motifs is 1. The van der Waals surface area contributed by atoms with Crippen LogP contribution in [0, 0.1) is 5.82 Å². The molecule has 0 saturated heterocycles. The minimum Gasteiger partial charge on any atom is -0.492 e. The Kier molecular flexibility index (Phi) is 7.02. The fraction of sp³-hybridized carbons (Fsp3) is 0.200. The first kappa shape index (κ1) is 21.8. The Morgan fingerprint density at radius 1 is 1.00 bits per heavy atom. The van der Waals surface area contributed by atoms with E-state index in [2.05, 4.69) is 14.9 Å². The number of aryl methyl sites for hydroxylation is 1. The molecular formula is C25H23ClFN3O2. The average molecular weight is 452 g/mol. The molecule has 0 unspecified atom stereocenters. The number of para-hydroxylation sites is 3. The first-order valence-electron chi connectivity index (χ1n) is 10.5. The van der Waals surface area contributed by atoms with Crippen molar-refractivity contribution in [3.05, 3.63) is 95.0 Å². The van der Waals surface area contributed by atoms with Crippen LogP contribution in [0.1, 0.15) is 29.0 Å². The molecule has 0 aliphatic heterocycles. The predicted octanol–water partition coefficient (Wildman–Crippen LogP) is 5.62. The summed E-state index contributed by atoms with van der Waals surface area (Å²) in [5.74, 6) is 0.397. The Balaban J connectivity index is 1.39. The van der Waals surface area contributed by atoms with Crippen LogP contribution in [0.2, 0.25) is 5.02 Å². The van der Waals surface area contributed by atoms with Gasteiger partial charge < -0.3 is 14.6 Å². The summed E-state index contributed by atoms with van der Waals surface area (Å²) < 4.78 is 21.8. The molecule has 0 radical (unpaired) electrons. The van der Waals surface area contributed by atoms with Crippen LogP contribution < -0.4 is 10.1 Å². The van der Waals surface area contributed by atoms with Gasteiger partial charge in [-0.25, -0.2) is 9.37 Å². The Morgan fingerprint density at radius 3 is 2.59 bits per heavy atom. The number of carbonyl (C=O) groups excluding carboxylic acids is 1. The van der Waals surface area contributed by atoms with E-state index in [0.29, 0.717) is 17.4 Å². The molecule has 1 N–H and O–H groups in total. The minimum absolute atomic E-state index is 0.0203. The molecule has 1 heterocycles. The number of ether oxygens (including phenoxy) is 1. The van der Waals surface area contributed by atoms with Crippen LogP contribution in [-0.2, 0) is 13.1 Å². The van der Waals surface area contributed by atoms with Crippen LogP contribution >= 0.6 is 11.6 Å². The lowest BCUT2D eigenvalue weighted by Gasteiger charge is -2.11. The number of carbonyl (C=O) groups is 1. The number of halogens is 2. The Bertz CT molecular complexity index is 1220. The van der Waals surface area contributed by atoms with Crippen molar-refractivity contribution in [2.24, 2.45) is 0 Å². The van der Waals surface area contributed by atoms with Crippen molar-refractivity contribution < 1.29 is 13.9 Å². The molecular weight excluding hydrogens is 429 g/mol. The number of rotatable bonds is 9. The van der Waals surface area contributed by atoms with E-state index in [1.165, 1.54) is 12.1 Å². The van der Waals surface area contributed by atoms with Gasteiger partial charge in [-0.2, -0.15) is 0 Å². The summed E-state index contributed by atoms with van der Waals surface area (Å²) in [5.41, 5.74) is 1.87. The smallest absolute Gasteiger partial charge is 0.254 e. The number of hydrogen-bond donors (Lipinski definition) is 1. The number of imidazole rings is 1. The highest BCUT2D eigenvalue weighted by Gasteiger charge is 2.14. The molecule has 0 aliphatic carbocycles. The van der Waals surface area contributed by atoms with Crippen LogP contribution in [-0.4, -0.2) is 22.1 Å². The van der Waals surface area contributed by atoms with Crippen LogP contribution in [0.4, 0.5) is 4.39 Å². The molecule has 3 aromatic carbocycles. The summed E-state index contributed by atoms with van der Waals surface area (Å²) in [6, 6.07) is 21.2. The van der Waals surface area contributed by atoms with Crippen molar-refractivity contribution in [3.63, 3.8) is 0 Å². The van der Waals surface area contributed by atoms with Gasteiger partial charge in [0.15, 0.2) is 0 Å². The van der Waals surface area contributed by atoms with Gasteiger partial charge in [-0.05, 0) is 49.2 Å². The molecule has 5 nitrogen and oxygen atoms in total. The highest BCUT2D eigenvalue weighted by Crippen LogP contribution is 2.23. The number of benzene rings is 3. The van der Waals surface area contributed by atoms with Crippen LogP contribution in [0.25, 0.3) is 11.0 Å². The lowest BCUT2D eigenvalue weighted by molar-refractivity contribution is 0.0945. The van der Waals surface area contributed by atoms with Crippen molar-refractivity contribution in [3.8, 4) is 5.75 Å². The van der Waals surface area contributed by atoms with Gasteiger partial charge >= 0.3 is 0 Å². The molecule has 0 bridgehead atoms. The van der Waals surface area contributed by atoms with Crippen molar-refractivity contribution in [1.82, 2.24) is 14.9 Å². The molecule has 0 fully saturated rings. The van der Waals surface area contributed by atoms with Gasteiger partial charge in [-0.3, -0.25) is 4.79 Å². The quantitative estimate of drug-likeness (QED) is 0.336. The van der Waals surface area contributed by atoms with E-state index >= 15 is 0 Å². The summed E-state index contributed by atoms with van der Waals surface area (Å²) in [6.07, 6.45) is 1.69. The van der Waals surface area contributed by atoms with Gasteiger partial charge in [-0.1, -0.05) is 48.0 Å². The van der Waals surface area contributed by atoms with Gasteiger partial charge in [0.05, 0.1) is 34.8 Å². The zero-order valence-corrected chi connectivity index (χ0v) is 18.2. The summed E-state index contributed by atoms with van der Waals surface area (Å²) in [7, 11) is 0. The number of aromatic nitrogens is 2. The first-order valence-corrected chi connectivity index (χ1v) is 10.9. The van der Waals surface area contributed by atoms with Gasteiger partial charge in [-0.15, -0.1) is 0 Å². The Morgan fingerprint density at radius 2 is 1.75 bits per heavy atom. The van der Waals surface area contributed by atoms with E-state index < -0.39 is 11.7 Å². The van der Waals surface area contributed by atoms with Crippen LogP contribution in [0.15, 0.2) is 72.8 Å². The maximum Gasteiger partial charge on any atom is 0.254 e. The molecule has 32 heavy (non-hydrogen) atoms. The highest BCUT2D eigenvalue weighted by atomic mass is 35.5. The predicted molar refractivity (Wildman–Crippen MR) is 123 cm³/mol. The highest BCUT2D eigenvalue weighted by molar-refractivity contribution is 6.32. The molecule has 0 spiro atoms. The summed E-state index contributed by atoms with van der Waals surface area (Å²) in [5, 5.41) is 3.38. The van der Waals surface area contributed by atoms with Crippen molar-refractivity contribution in [2.45, 2.75) is 25.9 Å². The molecule has 164 valence electrons. The third-order valence-electron chi connectivity index (χ3n) is 5.13. The Hall–Kier alpha value is -3.38. The van der Waals surface area contributed by atoms with Crippen molar-refractivity contribution in [1.29, 1.82) is 0 Å². The number of amides is 1. The monoisotopic (exact) mass is 451 g/mol. The van der Waals surface area contributed by atoms with Gasteiger partial charge in [0.2, 0.25) is 0 Å². The molecule has 0 saturated carbocycles. The summed E-state index contributed by atoms with van der Waals surface area (Å²) in [4.78, 5) is 17.1. The normalized spacial score (nSPS) is 10.9. The third kappa shape index (κ3) is 5.08. The van der Waals surface area contributed by atoms with Gasteiger partial charge in [0.25, 0.3) is 5.91 Å². The fourth-order valence-corrected chi connectivity index (χ4v) is 3.72. The first-order chi connectivity index (χ1) is 15.6. The second-order valence-electron chi connectivity index (χ2n) is 7.32. The van der Waals surface area contributed by atoms with E-state index in [-0.39, 0.29) is 12.1 Å². The van der Waals surface area contributed by atoms with E-state index in [9.17, 15) is 9.18 Å². The summed E-state index contributed by atoms with van der Waals surface area (Å²) >= 11 is 6.12. The number of hydrogen-bond acceptors (Lipinski definition) is 3. The lowest BCUT2D eigenvalue weighted by atomic mass is 10.2. The fourth-order valence-electron chi connectivity index (χ4n) is 3.53. The second-order valence-corrected chi connectivity index (χ2v) is 7.72. The average Bonchev–Trinajstić information content (AvgIpc) is 3.16. The zero-order valence-electron chi connectivity index (χ0n) is 17.4. The maximum atomic E-state index is 13.9. The molecule has 0 atom stereocenters. The van der Waals surface area contributed by atoms with E-state index in [1.54, 1.807) is 18.2 Å². The molecule has 1 amide bonds. The topological polar surface area (TPSA) is 56.2 Å². The Labute approximate surface area is 190 Å². The van der Waals surface area contributed by atoms with Crippen molar-refractivity contribution >= 4 is 28.5 Å². The zero-order chi connectivity index (χ0) is 22.3. The number of nitrogens with one attached hydrogen (secondary N) is 1. The number of nitrogens with zero attached hydrogens (tertiary/aromatic N) is 2. The molecule has 4 aromatic rings. The minimum atomic E-state index is -0.544. The van der Waals surface area contributed by atoms with Crippen LogP contribution in [0.3, 0.4) is 0 Å². The molecule has 4 rings (SSSR count). The number of unbranched alkanes of at least 4 members (excludes halogenated alkanes) is 1. The van der Waals surface area contributed by atoms with E-state index in [4.69, 9.17) is 16.3 Å². The lowest BCUT2D eigenvalue weighted by Crippen LogP contribution is -2.25. The summed E-state index contributed by atoms with van der Waals surface area (Å²) in [6.45, 7) is 1.48. The second kappa shape index (κ2) is 10.3. The maximum absolute atomic E-state index is 13.9. The standard InChI is InChI=1S/C25H23ClFN3O2/c26-19-10-2-6-14-23(19)32-16-8-7-15-30-22-13-5-4-12-21(22)29-24(30)17-28-25(31)18-9-1-3-11-20(18)27/h1-6,9-14H,7-8,15-17H2,(H,28,31). The van der Waals surface area contributed by atoms with Crippen molar-refractivity contribution in [2.75, 3.05) is 6.61 Å². The van der Waals surface area contributed by atoms with Gasteiger partial charge in [0.1, 0.15) is 17.4 Å². The van der Waals surface area contributed by atoms with Crippen LogP contribution in [0.5, 0.6) is 5.75 Å². The third-order valence-corrected chi connectivity index (χ3v) is 5.44. The largest absolute Gasteiger partial charge is 0.492 e. The molecule has 1 aromatic heterocycles. The SMILES string of the molecule is O=C(NCc1nc2ccccc2n1CCCCOc1ccccc1Cl)c1ccccc1F. The van der Waals surface area contributed by atoms with E-state index in [0.717, 1.165) is 36.2 Å². The molecule has 7 heteroatoms. The molecule has 0 aliphatic rings. The van der Waals surface area contributed by atoms with E-state index in [1.807, 2.05) is 42.5 Å².